The molecule has 1 aromatic heterocycles. The molecule has 1 atom stereocenters. The number of benzene rings is 2. The second kappa shape index (κ2) is 9.67. The molecular weight excluding hydrogens is 503 g/mol. The summed E-state index contributed by atoms with van der Waals surface area (Å²) in [6.45, 7) is 0.256. The summed E-state index contributed by atoms with van der Waals surface area (Å²) in [6, 6.07) is 14.0. The van der Waals surface area contributed by atoms with Crippen LogP contribution in [0.2, 0.25) is 5.02 Å². The van der Waals surface area contributed by atoms with Gasteiger partial charge in [0.1, 0.15) is 0 Å². The Hall–Kier alpha value is -3.44. The fraction of sp³-hybridized carbons (Fsp3) is 0.174. The highest BCUT2D eigenvalue weighted by Gasteiger charge is 2.34. The average molecular weight is 522 g/mol. The number of pyridine rings is 1. The maximum atomic E-state index is 12.9. The average Bonchev–Trinajstić information content (AvgIpc) is 3.28. The summed E-state index contributed by atoms with van der Waals surface area (Å²) in [5.74, 6) is -0.333. The first-order valence-corrected chi connectivity index (χ1v) is 12.1. The van der Waals surface area contributed by atoms with E-state index in [1.165, 1.54) is 12.1 Å². The number of hydrogen-bond donors (Lipinski definition) is 1. The van der Waals surface area contributed by atoms with Gasteiger partial charge in [0, 0.05) is 30.4 Å². The van der Waals surface area contributed by atoms with Crippen LogP contribution in [0.15, 0.2) is 88.0 Å². The first kappa shape index (κ1) is 24.7. The normalized spacial score (nSPS) is 16.8. The Bertz CT molecular complexity index is 1360. The number of rotatable bonds is 4. The Kier molecular flexibility index (Phi) is 6.82. The molecule has 12 heteroatoms. The molecule has 2 aromatic carbocycles. The van der Waals surface area contributed by atoms with Gasteiger partial charge in [-0.2, -0.15) is 18.3 Å². The molecule has 0 saturated carbocycles. The van der Waals surface area contributed by atoms with Gasteiger partial charge in [0.2, 0.25) is 5.96 Å². The topological polar surface area (TPSA) is 87.0 Å². The molecular formula is C23H19ClF3N5O2S. The van der Waals surface area contributed by atoms with Crippen molar-refractivity contribution in [2.45, 2.75) is 17.0 Å². The second-order valence-corrected chi connectivity index (χ2v) is 9.71. The summed E-state index contributed by atoms with van der Waals surface area (Å²) in [6.07, 6.45) is -1.23. The van der Waals surface area contributed by atoms with E-state index < -0.39 is 21.8 Å². The van der Waals surface area contributed by atoms with Crippen LogP contribution in [0, 0.1) is 0 Å². The summed E-state index contributed by atoms with van der Waals surface area (Å²) < 4.78 is 66.6. The van der Waals surface area contributed by atoms with E-state index in [4.69, 9.17) is 11.6 Å². The quantitative estimate of drug-likeness (QED) is 0.404. The monoisotopic (exact) mass is 521 g/mol. The number of alkyl halides is 3. The first-order valence-electron chi connectivity index (χ1n) is 10.3. The smallest absolute Gasteiger partial charge is 0.264 e. The predicted octanol–water partition coefficient (Wildman–Crippen LogP) is 4.52. The minimum atomic E-state index is -4.57. The molecule has 1 aliphatic heterocycles. The number of nitrogens with one attached hydrogen (secondary N) is 1. The molecule has 3 aromatic rings. The highest BCUT2D eigenvalue weighted by Crippen LogP contribution is 2.31. The maximum absolute atomic E-state index is 12.9. The van der Waals surface area contributed by atoms with Crippen LogP contribution in [0.5, 0.6) is 0 Å². The van der Waals surface area contributed by atoms with Crippen LogP contribution >= 0.6 is 11.6 Å². The summed E-state index contributed by atoms with van der Waals surface area (Å²) >= 11 is 6.02. The molecule has 35 heavy (non-hydrogen) atoms. The van der Waals surface area contributed by atoms with Crippen LogP contribution in [0.25, 0.3) is 0 Å². The molecule has 0 saturated heterocycles. The fourth-order valence-corrected chi connectivity index (χ4v) is 4.75. The van der Waals surface area contributed by atoms with Gasteiger partial charge in [-0.05, 0) is 53.6 Å². The van der Waals surface area contributed by atoms with Crippen molar-refractivity contribution >= 4 is 33.3 Å². The summed E-state index contributed by atoms with van der Waals surface area (Å²) in [7, 11) is -2.84. The molecule has 0 radical (unpaired) electrons. The Labute approximate surface area is 205 Å². The SMILES string of the molecule is CN=C(NS(=O)(=O)c1ccc(C(F)(F)F)cc1)N1CC(c2cccnc2)C(c2ccc(Cl)cc2)=N1. The third-order valence-electron chi connectivity index (χ3n) is 5.31. The maximum Gasteiger partial charge on any atom is 0.416 e. The number of hydrazone groups is 1. The third-order valence-corrected chi connectivity index (χ3v) is 6.91. The van der Waals surface area contributed by atoms with E-state index >= 15 is 0 Å². The van der Waals surface area contributed by atoms with E-state index in [0.29, 0.717) is 22.9 Å². The van der Waals surface area contributed by atoms with Crippen LogP contribution in [0.3, 0.4) is 0 Å². The molecule has 0 aliphatic carbocycles. The van der Waals surface area contributed by atoms with Gasteiger partial charge in [0.25, 0.3) is 10.0 Å². The Morgan fingerprint density at radius 3 is 2.37 bits per heavy atom. The highest BCUT2D eigenvalue weighted by atomic mass is 35.5. The number of guanidine groups is 1. The predicted molar refractivity (Wildman–Crippen MR) is 127 cm³/mol. The van der Waals surface area contributed by atoms with E-state index in [1.807, 2.05) is 18.2 Å². The standard InChI is InChI=1S/C23H19ClF3N5O2S/c1-28-22(31-35(33,34)19-10-6-17(7-11-19)23(25,26)27)32-14-20(16-3-2-12-29-13-16)21(30-32)15-4-8-18(24)9-5-15/h2-13,20H,14H2,1H3,(H,28,31). The number of nitrogens with zero attached hydrogens (tertiary/aromatic N) is 4. The molecule has 4 rings (SSSR count). The highest BCUT2D eigenvalue weighted by molar-refractivity contribution is 7.90. The van der Waals surface area contributed by atoms with Gasteiger partial charge in [-0.25, -0.2) is 18.1 Å². The lowest BCUT2D eigenvalue weighted by Crippen LogP contribution is -2.41. The number of aromatic nitrogens is 1. The van der Waals surface area contributed by atoms with E-state index in [-0.39, 0.29) is 23.3 Å². The zero-order chi connectivity index (χ0) is 25.2. The Morgan fingerprint density at radius 1 is 1.11 bits per heavy atom. The fourth-order valence-electron chi connectivity index (χ4n) is 3.57. The zero-order valence-electron chi connectivity index (χ0n) is 18.2. The molecule has 1 unspecified atom stereocenters. The molecule has 7 nitrogen and oxygen atoms in total. The third kappa shape index (κ3) is 5.46. The van der Waals surface area contributed by atoms with Gasteiger partial charge >= 0.3 is 6.18 Å². The number of halogens is 4. The summed E-state index contributed by atoms with van der Waals surface area (Å²) in [4.78, 5) is 7.87. The van der Waals surface area contributed by atoms with Crippen molar-refractivity contribution in [2.75, 3.05) is 13.6 Å². The van der Waals surface area contributed by atoms with Crippen LogP contribution in [0.4, 0.5) is 13.2 Å². The first-order chi connectivity index (χ1) is 16.6. The van der Waals surface area contributed by atoms with Gasteiger partial charge in [-0.1, -0.05) is 29.8 Å². The minimum absolute atomic E-state index is 0.0808. The van der Waals surface area contributed by atoms with Crippen molar-refractivity contribution in [3.63, 3.8) is 0 Å². The minimum Gasteiger partial charge on any atom is -0.264 e. The molecule has 0 bridgehead atoms. The lowest BCUT2D eigenvalue weighted by atomic mass is 9.92. The van der Waals surface area contributed by atoms with Crippen molar-refractivity contribution in [1.29, 1.82) is 0 Å². The van der Waals surface area contributed by atoms with Gasteiger partial charge < -0.3 is 0 Å². The van der Waals surface area contributed by atoms with Gasteiger partial charge in [-0.15, -0.1) is 0 Å². The van der Waals surface area contributed by atoms with E-state index in [1.54, 1.807) is 30.6 Å². The Morgan fingerprint density at radius 2 is 1.80 bits per heavy atom. The molecule has 1 N–H and O–H groups in total. The lowest BCUT2D eigenvalue weighted by Gasteiger charge is -2.19. The molecule has 0 spiro atoms. The van der Waals surface area contributed by atoms with E-state index in [0.717, 1.165) is 23.3 Å². The molecule has 1 aliphatic rings. The Balaban J connectivity index is 1.64. The largest absolute Gasteiger partial charge is 0.416 e. The van der Waals surface area contributed by atoms with Crippen LogP contribution in [-0.2, 0) is 16.2 Å². The molecule has 182 valence electrons. The molecule has 2 heterocycles. The van der Waals surface area contributed by atoms with Crippen LogP contribution < -0.4 is 4.72 Å². The van der Waals surface area contributed by atoms with Crippen molar-refractivity contribution in [2.24, 2.45) is 10.1 Å². The summed E-state index contributed by atoms with van der Waals surface area (Å²) in [5.41, 5.74) is 1.36. The van der Waals surface area contributed by atoms with Crippen molar-refractivity contribution in [3.05, 3.63) is 94.8 Å². The number of aliphatic imine (C=N–C) groups is 1. The molecule has 0 amide bonds. The van der Waals surface area contributed by atoms with Crippen molar-refractivity contribution in [1.82, 2.24) is 14.7 Å². The zero-order valence-corrected chi connectivity index (χ0v) is 19.8. The summed E-state index contributed by atoms with van der Waals surface area (Å²) in [5, 5.41) is 6.58. The molecule has 0 fully saturated rings. The van der Waals surface area contributed by atoms with Crippen LogP contribution in [0.1, 0.15) is 22.6 Å². The lowest BCUT2D eigenvalue weighted by molar-refractivity contribution is -0.137. The van der Waals surface area contributed by atoms with Gasteiger partial charge in [0.05, 0.1) is 22.7 Å². The van der Waals surface area contributed by atoms with Gasteiger partial charge in [-0.3, -0.25) is 9.98 Å². The van der Waals surface area contributed by atoms with E-state index in [2.05, 4.69) is 19.8 Å². The number of hydrogen-bond acceptors (Lipinski definition) is 5. The van der Waals surface area contributed by atoms with Crippen LogP contribution in [-0.4, -0.2) is 43.7 Å². The van der Waals surface area contributed by atoms with Crippen molar-refractivity contribution < 1.29 is 21.6 Å². The van der Waals surface area contributed by atoms with E-state index in [9.17, 15) is 21.6 Å². The number of sulfonamides is 1. The second-order valence-electron chi connectivity index (χ2n) is 7.59. The van der Waals surface area contributed by atoms with Gasteiger partial charge in [0.15, 0.2) is 0 Å². The van der Waals surface area contributed by atoms with Crippen molar-refractivity contribution in [3.8, 4) is 0 Å².